The van der Waals surface area contributed by atoms with Gasteiger partial charge in [0.1, 0.15) is 11.6 Å². The van der Waals surface area contributed by atoms with Crippen molar-refractivity contribution in [3.63, 3.8) is 0 Å². The van der Waals surface area contributed by atoms with Gasteiger partial charge in [0.15, 0.2) is 0 Å². The van der Waals surface area contributed by atoms with Crippen LogP contribution in [0.4, 0.5) is 24.7 Å². The minimum absolute atomic E-state index is 0.212. The number of nitrogens with one attached hydrogen (secondary N) is 2. The van der Waals surface area contributed by atoms with E-state index >= 15 is 0 Å². The molecule has 3 aromatic rings. The molecule has 0 amide bonds. The summed E-state index contributed by atoms with van der Waals surface area (Å²) in [6.07, 6.45) is -4.38. The smallest absolute Gasteiger partial charge is 0.387 e. The van der Waals surface area contributed by atoms with Gasteiger partial charge in [0.25, 0.3) is 0 Å². The van der Waals surface area contributed by atoms with Crippen LogP contribution in [0.25, 0.3) is 10.9 Å². The SMILES string of the molecule is CNc1cc2nc(C)nc(N[C@H](C)c3cccc(C(F)(F)F)c3C)c2cc1Br. The maximum Gasteiger partial charge on any atom is 0.416 e. The maximum atomic E-state index is 13.2. The highest BCUT2D eigenvalue weighted by Gasteiger charge is 2.33. The van der Waals surface area contributed by atoms with Gasteiger partial charge in [-0.15, -0.1) is 0 Å². The summed E-state index contributed by atoms with van der Waals surface area (Å²) in [6.45, 7) is 5.10. The maximum absolute atomic E-state index is 13.2. The summed E-state index contributed by atoms with van der Waals surface area (Å²) in [4.78, 5) is 8.95. The third kappa shape index (κ3) is 3.92. The van der Waals surface area contributed by atoms with E-state index in [1.807, 2.05) is 26.1 Å². The number of benzene rings is 2. The fourth-order valence-corrected chi connectivity index (χ4v) is 3.82. The lowest BCUT2D eigenvalue weighted by Gasteiger charge is -2.21. The Morgan fingerprint density at radius 2 is 1.82 bits per heavy atom. The van der Waals surface area contributed by atoms with Crippen molar-refractivity contribution in [2.75, 3.05) is 17.7 Å². The molecule has 0 spiro atoms. The average molecular weight is 453 g/mol. The first-order chi connectivity index (χ1) is 13.1. The van der Waals surface area contributed by atoms with Gasteiger partial charge in [0.2, 0.25) is 0 Å². The Morgan fingerprint density at radius 3 is 2.46 bits per heavy atom. The van der Waals surface area contributed by atoms with Gasteiger partial charge in [0, 0.05) is 16.9 Å². The minimum Gasteiger partial charge on any atom is -0.387 e. The molecule has 0 saturated heterocycles. The molecule has 4 nitrogen and oxygen atoms in total. The van der Waals surface area contributed by atoms with E-state index in [-0.39, 0.29) is 11.6 Å². The average Bonchev–Trinajstić information content (AvgIpc) is 2.60. The zero-order valence-electron chi connectivity index (χ0n) is 15.9. The first kappa shape index (κ1) is 20.4. The molecule has 1 aromatic heterocycles. The zero-order chi connectivity index (χ0) is 20.6. The fraction of sp³-hybridized carbons (Fsp3) is 0.300. The van der Waals surface area contributed by atoms with Crippen molar-refractivity contribution in [3.8, 4) is 0 Å². The van der Waals surface area contributed by atoms with E-state index in [1.165, 1.54) is 13.0 Å². The molecule has 0 aliphatic rings. The lowest BCUT2D eigenvalue weighted by Crippen LogP contribution is -2.14. The molecule has 2 aromatic carbocycles. The molecule has 2 N–H and O–H groups in total. The number of hydrogen-bond acceptors (Lipinski definition) is 4. The molecule has 0 saturated carbocycles. The fourth-order valence-electron chi connectivity index (χ4n) is 3.28. The van der Waals surface area contributed by atoms with Gasteiger partial charge in [-0.25, -0.2) is 9.97 Å². The zero-order valence-corrected chi connectivity index (χ0v) is 17.5. The van der Waals surface area contributed by atoms with Gasteiger partial charge in [-0.3, -0.25) is 0 Å². The summed E-state index contributed by atoms with van der Waals surface area (Å²) in [7, 11) is 1.82. The Labute approximate surface area is 169 Å². The molecule has 0 unspecified atom stereocenters. The highest BCUT2D eigenvalue weighted by molar-refractivity contribution is 9.10. The highest BCUT2D eigenvalue weighted by Crippen LogP contribution is 2.36. The molecule has 28 heavy (non-hydrogen) atoms. The Kier molecular flexibility index (Phi) is 5.52. The molecule has 3 rings (SSSR count). The van der Waals surface area contributed by atoms with Crippen LogP contribution < -0.4 is 10.6 Å². The van der Waals surface area contributed by atoms with E-state index in [1.54, 1.807) is 13.0 Å². The lowest BCUT2D eigenvalue weighted by molar-refractivity contribution is -0.138. The largest absolute Gasteiger partial charge is 0.416 e. The van der Waals surface area contributed by atoms with Crippen LogP contribution in [0.1, 0.15) is 35.5 Å². The number of alkyl halides is 3. The van der Waals surface area contributed by atoms with Crippen LogP contribution >= 0.6 is 15.9 Å². The third-order valence-corrected chi connectivity index (χ3v) is 5.32. The number of halogens is 4. The number of hydrogen-bond donors (Lipinski definition) is 2. The van der Waals surface area contributed by atoms with Crippen molar-refractivity contribution in [2.45, 2.75) is 33.0 Å². The minimum atomic E-state index is -4.38. The Morgan fingerprint density at radius 1 is 1.11 bits per heavy atom. The highest BCUT2D eigenvalue weighted by atomic mass is 79.9. The molecule has 8 heteroatoms. The summed E-state index contributed by atoms with van der Waals surface area (Å²) < 4.78 is 40.6. The number of anilines is 2. The van der Waals surface area contributed by atoms with Crippen LogP contribution in [0.3, 0.4) is 0 Å². The summed E-state index contributed by atoms with van der Waals surface area (Å²) in [5.41, 5.74) is 1.80. The molecule has 0 bridgehead atoms. The Bertz CT molecular complexity index is 1030. The van der Waals surface area contributed by atoms with Gasteiger partial charge in [-0.1, -0.05) is 12.1 Å². The Balaban J connectivity index is 2.05. The van der Waals surface area contributed by atoms with E-state index in [0.29, 0.717) is 17.2 Å². The van der Waals surface area contributed by atoms with E-state index in [9.17, 15) is 13.2 Å². The number of nitrogens with zero attached hydrogens (tertiary/aromatic N) is 2. The van der Waals surface area contributed by atoms with E-state index in [2.05, 4.69) is 36.5 Å². The summed E-state index contributed by atoms with van der Waals surface area (Å²) >= 11 is 3.51. The van der Waals surface area contributed by atoms with E-state index in [0.717, 1.165) is 27.1 Å². The molecule has 0 fully saturated rings. The number of fused-ring (bicyclic) bond motifs is 1. The molecule has 1 heterocycles. The second-order valence-corrected chi connectivity index (χ2v) is 7.46. The van der Waals surface area contributed by atoms with Crippen molar-refractivity contribution in [2.24, 2.45) is 0 Å². The molecule has 0 radical (unpaired) electrons. The molecule has 1 atom stereocenters. The molecular weight excluding hydrogens is 433 g/mol. The van der Waals surface area contributed by atoms with Crippen LogP contribution in [0.5, 0.6) is 0 Å². The van der Waals surface area contributed by atoms with Gasteiger partial charge in [-0.2, -0.15) is 13.2 Å². The second-order valence-electron chi connectivity index (χ2n) is 6.60. The first-order valence-corrected chi connectivity index (χ1v) is 9.50. The van der Waals surface area contributed by atoms with E-state index < -0.39 is 11.7 Å². The normalized spacial score (nSPS) is 12.9. The van der Waals surface area contributed by atoms with E-state index in [4.69, 9.17) is 0 Å². The molecule has 0 aliphatic carbocycles. The predicted octanol–water partition coefficient (Wildman–Crippen LogP) is 6.24. The van der Waals surface area contributed by atoms with Crippen LogP contribution in [-0.2, 0) is 6.18 Å². The van der Waals surface area contributed by atoms with Gasteiger partial charge < -0.3 is 10.6 Å². The molecule has 0 aliphatic heterocycles. The second kappa shape index (κ2) is 7.58. The monoisotopic (exact) mass is 452 g/mol. The van der Waals surface area contributed by atoms with Crippen LogP contribution in [0.2, 0.25) is 0 Å². The molecule has 148 valence electrons. The van der Waals surface area contributed by atoms with Crippen molar-refractivity contribution in [1.29, 1.82) is 0 Å². The first-order valence-electron chi connectivity index (χ1n) is 8.70. The van der Waals surface area contributed by atoms with Crippen molar-refractivity contribution in [1.82, 2.24) is 9.97 Å². The van der Waals surface area contributed by atoms with Gasteiger partial charge in [-0.05, 0) is 66.0 Å². The van der Waals surface area contributed by atoms with Crippen LogP contribution in [0.15, 0.2) is 34.8 Å². The Hall–Kier alpha value is -2.35. The lowest BCUT2D eigenvalue weighted by atomic mass is 9.97. The van der Waals surface area contributed by atoms with Crippen molar-refractivity contribution in [3.05, 3.63) is 57.3 Å². The third-order valence-electron chi connectivity index (χ3n) is 4.67. The summed E-state index contributed by atoms with van der Waals surface area (Å²) in [6, 6.07) is 7.67. The molecular formula is C20H20BrF3N4. The number of aryl methyl sites for hydroxylation is 1. The topological polar surface area (TPSA) is 49.8 Å². The summed E-state index contributed by atoms with van der Waals surface area (Å²) in [5.74, 6) is 1.16. The number of rotatable bonds is 4. The predicted molar refractivity (Wildman–Crippen MR) is 110 cm³/mol. The standard InChI is InChI=1S/C20H20BrF3N4/c1-10-13(6-5-7-15(10)20(22,23)24)11(2)26-19-14-8-16(21)18(25-4)9-17(14)27-12(3)28-19/h5-9,11,25H,1-4H3,(H,26,27,28)/t11-/m1/s1. The van der Waals surface area contributed by atoms with Crippen molar-refractivity contribution < 1.29 is 13.2 Å². The quantitative estimate of drug-likeness (QED) is 0.491. The van der Waals surface area contributed by atoms with Crippen molar-refractivity contribution >= 4 is 38.3 Å². The van der Waals surface area contributed by atoms with Gasteiger partial charge >= 0.3 is 6.18 Å². The van der Waals surface area contributed by atoms with Crippen LogP contribution in [0, 0.1) is 13.8 Å². The summed E-state index contributed by atoms with van der Waals surface area (Å²) in [5, 5.41) is 7.14. The number of aromatic nitrogens is 2. The van der Waals surface area contributed by atoms with Crippen LogP contribution in [-0.4, -0.2) is 17.0 Å². The van der Waals surface area contributed by atoms with Gasteiger partial charge in [0.05, 0.1) is 22.8 Å².